The fraction of sp³-hybridized carbons (Fsp3) is 0.286. The maximum Gasteiger partial charge on any atom is 0.294 e. The number of anilines is 1. The van der Waals surface area contributed by atoms with Crippen LogP contribution < -0.4 is 4.90 Å². The number of carbonyl (C=O) groups excluding carboxylic acids is 2. The minimum absolute atomic E-state index is 0.134. The SMILES string of the molecule is Cc1ccc(N2C(=O)C(O)=C(C(=O)C(C)(C)C)C2c2ccncc2)cc1. The number of benzene rings is 1. The summed E-state index contributed by atoms with van der Waals surface area (Å²) in [6, 6.07) is 10.3. The standard InChI is InChI=1S/C21H22N2O3/c1-13-5-7-15(8-6-13)23-17(14-9-11-22-12-10-14)16(18(24)20(23)26)19(25)21(2,3)4/h5-12,17,24H,1-4H3. The van der Waals surface area contributed by atoms with Crippen LogP contribution in [0.5, 0.6) is 0 Å². The zero-order chi connectivity index (χ0) is 19.1. The maximum absolute atomic E-state index is 13.0. The van der Waals surface area contributed by atoms with Gasteiger partial charge in [-0.2, -0.15) is 0 Å². The molecule has 2 aromatic rings. The van der Waals surface area contributed by atoms with Gasteiger partial charge in [-0.05, 0) is 36.8 Å². The lowest BCUT2D eigenvalue weighted by Crippen LogP contribution is -2.32. The molecule has 1 aliphatic rings. The predicted molar refractivity (Wildman–Crippen MR) is 99.8 cm³/mol. The van der Waals surface area contributed by atoms with Crippen molar-refractivity contribution < 1.29 is 14.7 Å². The van der Waals surface area contributed by atoms with Gasteiger partial charge < -0.3 is 5.11 Å². The summed E-state index contributed by atoms with van der Waals surface area (Å²) in [6.07, 6.45) is 3.23. The van der Waals surface area contributed by atoms with Crippen molar-refractivity contribution in [2.24, 2.45) is 5.41 Å². The number of aliphatic hydroxyl groups excluding tert-OH is 1. The van der Waals surface area contributed by atoms with E-state index in [1.54, 1.807) is 45.3 Å². The first kappa shape index (κ1) is 17.9. The van der Waals surface area contributed by atoms with Crippen molar-refractivity contribution in [1.82, 2.24) is 4.98 Å². The first-order valence-electron chi connectivity index (χ1n) is 8.50. The third-order valence-corrected chi connectivity index (χ3v) is 4.47. The second-order valence-corrected chi connectivity index (χ2v) is 7.54. The van der Waals surface area contributed by atoms with Crippen molar-refractivity contribution in [2.75, 3.05) is 4.90 Å². The summed E-state index contributed by atoms with van der Waals surface area (Å²) in [5.41, 5.74) is 1.83. The molecule has 1 aromatic carbocycles. The van der Waals surface area contributed by atoms with Gasteiger partial charge in [-0.3, -0.25) is 19.5 Å². The van der Waals surface area contributed by atoms with E-state index in [9.17, 15) is 14.7 Å². The van der Waals surface area contributed by atoms with Gasteiger partial charge in [0.2, 0.25) is 0 Å². The zero-order valence-electron chi connectivity index (χ0n) is 15.4. The second kappa shape index (κ2) is 6.41. The number of aromatic nitrogens is 1. The third kappa shape index (κ3) is 3.01. The normalized spacial score (nSPS) is 17.8. The number of pyridine rings is 1. The molecular weight excluding hydrogens is 328 g/mol. The van der Waals surface area contributed by atoms with Crippen LogP contribution >= 0.6 is 0 Å². The molecule has 0 saturated carbocycles. The van der Waals surface area contributed by atoms with Crippen molar-refractivity contribution in [2.45, 2.75) is 33.7 Å². The lowest BCUT2D eigenvalue weighted by atomic mass is 9.82. The Hall–Kier alpha value is -2.95. The number of nitrogens with zero attached hydrogens (tertiary/aromatic N) is 2. The van der Waals surface area contributed by atoms with Gasteiger partial charge in [-0.1, -0.05) is 38.5 Å². The molecule has 26 heavy (non-hydrogen) atoms. The minimum atomic E-state index is -0.724. The van der Waals surface area contributed by atoms with Crippen LogP contribution in [0.15, 0.2) is 60.1 Å². The molecule has 0 bridgehead atoms. The Balaban J connectivity index is 2.19. The highest BCUT2D eigenvalue weighted by atomic mass is 16.3. The van der Waals surface area contributed by atoms with Gasteiger partial charge in [0, 0.05) is 23.5 Å². The van der Waals surface area contributed by atoms with Crippen molar-refractivity contribution in [1.29, 1.82) is 0 Å². The molecule has 3 rings (SSSR count). The van der Waals surface area contributed by atoms with Crippen LogP contribution in [-0.2, 0) is 9.59 Å². The molecule has 0 radical (unpaired) electrons. The summed E-state index contributed by atoms with van der Waals surface area (Å²) >= 11 is 0. The quantitative estimate of drug-likeness (QED) is 0.911. The van der Waals surface area contributed by atoms with Gasteiger partial charge in [0.25, 0.3) is 5.91 Å². The Bertz CT molecular complexity index is 878. The lowest BCUT2D eigenvalue weighted by Gasteiger charge is -2.28. The average Bonchev–Trinajstić information content (AvgIpc) is 2.86. The topological polar surface area (TPSA) is 70.5 Å². The van der Waals surface area contributed by atoms with Crippen LogP contribution in [0.3, 0.4) is 0 Å². The van der Waals surface area contributed by atoms with Gasteiger partial charge in [-0.15, -0.1) is 0 Å². The summed E-state index contributed by atoms with van der Waals surface area (Å²) in [5, 5.41) is 10.6. The molecule has 5 heteroatoms. The Morgan fingerprint density at radius 1 is 1.08 bits per heavy atom. The molecule has 0 aliphatic carbocycles. The van der Waals surface area contributed by atoms with Crippen molar-refractivity contribution in [3.05, 3.63) is 71.3 Å². The number of aliphatic hydroxyl groups is 1. The van der Waals surface area contributed by atoms with Crippen molar-refractivity contribution in [3.8, 4) is 0 Å². The van der Waals surface area contributed by atoms with Gasteiger partial charge in [0.05, 0.1) is 11.6 Å². The van der Waals surface area contributed by atoms with E-state index in [0.29, 0.717) is 5.69 Å². The summed E-state index contributed by atoms with van der Waals surface area (Å²) in [4.78, 5) is 31.4. The van der Waals surface area contributed by atoms with Crippen molar-refractivity contribution in [3.63, 3.8) is 0 Å². The summed E-state index contributed by atoms with van der Waals surface area (Å²) < 4.78 is 0. The van der Waals surface area contributed by atoms with E-state index in [2.05, 4.69) is 4.98 Å². The summed E-state index contributed by atoms with van der Waals surface area (Å²) in [5.74, 6) is -1.30. The lowest BCUT2D eigenvalue weighted by molar-refractivity contribution is -0.123. The Morgan fingerprint density at radius 2 is 1.65 bits per heavy atom. The smallest absolute Gasteiger partial charge is 0.294 e. The van der Waals surface area contributed by atoms with Gasteiger partial charge in [0.1, 0.15) is 0 Å². The van der Waals surface area contributed by atoms with Gasteiger partial charge in [0.15, 0.2) is 11.5 Å². The number of carbonyl (C=O) groups is 2. The van der Waals surface area contributed by atoms with E-state index in [-0.39, 0.29) is 11.4 Å². The van der Waals surface area contributed by atoms with Gasteiger partial charge >= 0.3 is 0 Å². The minimum Gasteiger partial charge on any atom is -0.503 e. The highest BCUT2D eigenvalue weighted by Crippen LogP contribution is 2.43. The second-order valence-electron chi connectivity index (χ2n) is 7.54. The highest BCUT2D eigenvalue weighted by molar-refractivity contribution is 6.17. The van der Waals surface area contributed by atoms with E-state index in [1.807, 2.05) is 31.2 Å². The average molecular weight is 350 g/mol. The van der Waals surface area contributed by atoms with Crippen LogP contribution in [0.25, 0.3) is 0 Å². The van der Waals surface area contributed by atoms with Crippen molar-refractivity contribution >= 4 is 17.4 Å². The Kier molecular flexibility index (Phi) is 4.40. The van der Waals surface area contributed by atoms with Crippen LogP contribution in [0.4, 0.5) is 5.69 Å². The van der Waals surface area contributed by atoms with E-state index < -0.39 is 23.1 Å². The molecule has 1 unspecified atom stereocenters. The van der Waals surface area contributed by atoms with E-state index in [0.717, 1.165) is 11.1 Å². The first-order chi connectivity index (χ1) is 12.2. The fourth-order valence-corrected chi connectivity index (χ4v) is 3.07. The van der Waals surface area contributed by atoms with Gasteiger partial charge in [-0.25, -0.2) is 0 Å². The summed E-state index contributed by atoms with van der Waals surface area (Å²) in [6.45, 7) is 7.29. The van der Waals surface area contributed by atoms with E-state index >= 15 is 0 Å². The monoisotopic (exact) mass is 350 g/mol. The van der Waals surface area contributed by atoms with E-state index in [4.69, 9.17) is 0 Å². The number of Topliss-reactive ketones (excluding diaryl/α,β-unsaturated/α-hetero) is 1. The molecule has 0 fully saturated rings. The molecule has 5 nitrogen and oxygen atoms in total. The molecule has 1 amide bonds. The largest absolute Gasteiger partial charge is 0.503 e. The molecule has 1 aromatic heterocycles. The Morgan fingerprint density at radius 3 is 2.19 bits per heavy atom. The molecule has 1 aliphatic heterocycles. The molecule has 1 atom stereocenters. The van der Waals surface area contributed by atoms with Crippen LogP contribution in [0, 0.1) is 12.3 Å². The molecule has 0 saturated heterocycles. The molecule has 134 valence electrons. The Labute approximate surface area is 153 Å². The van der Waals surface area contributed by atoms with Crippen LogP contribution in [0.1, 0.15) is 37.9 Å². The predicted octanol–water partition coefficient (Wildman–Crippen LogP) is 3.91. The zero-order valence-corrected chi connectivity index (χ0v) is 15.4. The van der Waals surface area contributed by atoms with Crippen LogP contribution in [0.2, 0.25) is 0 Å². The number of hydrogen-bond donors (Lipinski definition) is 1. The fourth-order valence-electron chi connectivity index (χ4n) is 3.07. The molecule has 1 N–H and O–H groups in total. The number of amides is 1. The maximum atomic E-state index is 13.0. The highest BCUT2D eigenvalue weighted by Gasteiger charge is 2.46. The number of aryl methyl sites for hydroxylation is 1. The number of hydrogen-bond acceptors (Lipinski definition) is 4. The third-order valence-electron chi connectivity index (χ3n) is 4.47. The number of rotatable bonds is 3. The number of ketones is 1. The van der Waals surface area contributed by atoms with E-state index in [1.165, 1.54) is 4.90 Å². The molecule has 2 heterocycles. The molecular formula is C21H22N2O3. The first-order valence-corrected chi connectivity index (χ1v) is 8.50. The summed E-state index contributed by atoms with van der Waals surface area (Å²) in [7, 11) is 0. The van der Waals surface area contributed by atoms with Crippen LogP contribution in [-0.4, -0.2) is 21.8 Å². The molecule has 0 spiro atoms.